The molecule has 2 fully saturated rings. The summed E-state index contributed by atoms with van der Waals surface area (Å²) in [6.45, 7) is 0.0822. The first-order valence-corrected chi connectivity index (χ1v) is 10.4. The molecule has 0 aliphatic carbocycles. The van der Waals surface area contributed by atoms with E-state index in [1.165, 1.54) is 18.5 Å². The summed E-state index contributed by atoms with van der Waals surface area (Å²) < 4.78 is 19.8. The van der Waals surface area contributed by atoms with E-state index in [0.717, 1.165) is 0 Å². The predicted molar refractivity (Wildman–Crippen MR) is 94.9 cm³/mol. The van der Waals surface area contributed by atoms with Crippen LogP contribution in [0.25, 0.3) is 27.3 Å². The van der Waals surface area contributed by atoms with Gasteiger partial charge in [0, 0.05) is 0 Å². The fourth-order valence-corrected chi connectivity index (χ4v) is 4.81. The Bertz CT molecular complexity index is 1100. The van der Waals surface area contributed by atoms with E-state index in [4.69, 9.17) is 19.3 Å². The van der Waals surface area contributed by atoms with Crippen molar-refractivity contribution in [3.05, 3.63) is 29.2 Å². The summed E-state index contributed by atoms with van der Waals surface area (Å²) in [7, 11) is -1.85. The standard InChI is InChI=1S/C12H14BN8O5P/c13-27(23)24-3-5-8(26-27)7(22)11(25-5)21-10-6(17-12(21)18-19-14)9-15-1-2-20(9)4-16-10/h1-2,4-5,7-8,11,22-23,27H,3,13H2/t5-,7?,8+,11-/m1/s1. The summed E-state index contributed by atoms with van der Waals surface area (Å²) in [4.78, 5) is 25.8. The van der Waals surface area contributed by atoms with Crippen molar-refractivity contribution in [1.29, 1.82) is 0 Å². The molecule has 27 heavy (non-hydrogen) atoms. The molecule has 3 aromatic rings. The number of hydrogen-bond donors (Lipinski definition) is 2. The molecule has 0 bridgehead atoms. The molecule has 4 atom stereocenters. The molecule has 140 valence electrons. The van der Waals surface area contributed by atoms with Crippen molar-refractivity contribution in [3.8, 4) is 0 Å². The van der Waals surface area contributed by atoms with Gasteiger partial charge in [-0.05, 0) is 0 Å². The van der Waals surface area contributed by atoms with Crippen LogP contribution in [0, 0.1) is 0 Å². The second kappa shape index (κ2) is 5.84. The third-order valence-electron chi connectivity index (χ3n) is 4.62. The molecule has 2 saturated heterocycles. The van der Waals surface area contributed by atoms with Crippen molar-refractivity contribution in [1.82, 2.24) is 23.9 Å². The molecule has 0 spiro atoms. The van der Waals surface area contributed by atoms with E-state index in [-0.39, 0.29) is 12.6 Å². The molecule has 3 aromatic heterocycles. The molecule has 0 amide bonds. The fraction of sp³-hybridized carbons (Fsp3) is 0.417. The SMILES string of the molecule is B[PH]1(O)OC[C@H]2O[C@@H](n3c(N=[N+]=[N-])nc4c3ncn3ccnc43)C(O)[C@H]2O1. The Morgan fingerprint density at radius 2 is 2.26 bits per heavy atom. The van der Waals surface area contributed by atoms with E-state index in [2.05, 4.69) is 25.0 Å². The quantitative estimate of drug-likeness (QED) is 0.198. The molecule has 0 aromatic carbocycles. The molecule has 13 nitrogen and oxygen atoms in total. The third-order valence-corrected chi connectivity index (χ3v) is 6.03. The van der Waals surface area contributed by atoms with Gasteiger partial charge in [0.05, 0.1) is 0 Å². The Hall–Kier alpha value is -2.31. The Morgan fingerprint density at radius 3 is 3.07 bits per heavy atom. The summed E-state index contributed by atoms with van der Waals surface area (Å²) in [6.07, 6.45) is 1.33. The normalized spacial score (nSPS) is 30.9. The first-order valence-electron chi connectivity index (χ1n) is 8.11. The van der Waals surface area contributed by atoms with Crippen LogP contribution in [0.2, 0.25) is 0 Å². The van der Waals surface area contributed by atoms with E-state index in [9.17, 15) is 10.00 Å². The third kappa shape index (κ3) is 2.51. The van der Waals surface area contributed by atoms with E-state index in [1.807, 2.05) is 0 Å². The van der Waals surface area contributed by atoms with Gasteiger partial charge in [0.25, 0.3) is 0 Å². The van der Waals surface area contributed by atoms with Crippen LogP contribution in [0.5, 0.6) is 0 Å². The van der Waals surface area contributed by atoms with E-state index < -0.39 is 32.4 Å². The Kier molecular flexibility index (Phi) is 3.65. The number of aliphatic hydroxyl groups is 1. The van der Waals surface area contributed by atoms with Gasteiger partial charge in [-0.3, -0.25) is 0 Å². The molecule has 2 N–H and O–H groups in total. The van der Waals surface area contributed by atoms with Crippen LogP contribution in [0.15, 0.2) is 23.8 Å². The van der Waals surface area contributed by atoms with Crippen molar-refractivity contribution in [3.63, 3.8) is 0 Å². The van der Waals surface area contributed by atoms with Crippen molar-refractivity contribution >= 4 is 38.1 Å². The van der Waals surface area contributed by atoms with Gasteiger partial charge in [-0.15, -0.1) is 0 Å². The zero-order valence-electron chi connectivity index (χ0n) is 13.9. The average molecular weight is 392 g/mol. The molecule has 1 unspecified atom stereocenters. The van der Waals surface area contributed by atoms with Crippen molar-refractivity contribution in [2.75, 3.05) is 6.61 Å². The average Bonchev–Trinajstić information content (AvgIpc) is 3.30. The second-order valence-corrected chi connectivity index (χ2v) is 8.71. The maximum atomic E-state index is 10.8. The summed E-state index contributed by atoms with van der Waals surface area (Å²) in [5.74, 6) is -0.0243. The number of hydrogen-bond acceptors (Lipinski definition) is 9. The van der Waals surface area contributed by atoms with Gasteiger partial charge in [0.1, 0.15) is 0 Å². The topological polar surface area (TPSA) is 165 Å². The summed E-state index contributed by atoms with van der Waals surface area (Å²) in [5, 5.41) is 14.4. The molecular formula is C12H14BN8O5P. The Morgan fingerprint density at radius 1 is 1.41 bits per heavy atom. The first kappa shape index (κ1) is 16.8. The number of rotatable bonds is 2. The molecule has 5 heterocycles. The van der Waals surface area contributed by atoms with Crippen molar-refractivity contribution in [2.24, 2.45) is 5.11 Å². The molecular weight excluding hydrogens is 378 g/mol. The van der Waals surface area contributed by atoms with E-state index in [1.54, 1.807) is 16.8 Å². The van der Waals surface area contributed by atoms with E-state index >= 15 is 0 Å². The van der Waals surface area contributed by atoms with Crippen LogP contribution < -0.4 is 0 Å². The van der Waals surface area contributed by atoms with Gasteiger partial charge in [0.2, 0.25) is 0 Å². The summed E-state index contributed by atoms with van der Waals surface area (Å²) >= 11 is 0. The van der Waals surface area contributed by atoms with Gasteiger partial charge in [0.15, 0.2) is 0 Å². The fourth-order valence-electron chi connectivity index (χ4n) is 3.47. The number of imidazole rings is 2. The van der Waals surface area contributed by atoms with Crippen LogP contribution in [0.4, 0.5) is 5.95 Å². The molecule has 0 radical (unpaired) electrons. The zero-order valence-corrected chi connectivity index (χ0v) is 14.9. The predicted octanol–water partition coefficient (Wildman–Crippen LogP) is -0.270. The van der Waals surface area contributed by atoms with Crippen molar-refractivity contribution in [2.45, 2.75) is 24.5 Å². The van der Waals surface area contributed by atoms with Gasteiger partial charge < -0.3 is 0 Å². The molecule has 2 aliphatic heterocycles. The first-order chi connectivity index (χ1) is 13.0. The van der Waals surface area contributed by atoms with Gasteiger partial charge in [-0.25, -0.2) is 0 Å². The minimum atomic E-state index is -3.32. The maximum absolute atomic E-state index is 10.8. The zero-order chi connectivity index (χ0) is 18.8. The molecule has 2 aliphatic rings. The summed E-state index contributed by atoms with van der Waals surface area (Å²) in [5.41, 5.74) is 10.2. The van der Waals surface area contributed by atoms with Crippen LogP contribution in [-0.2, 0) is 13.8 Å². The number of aliphatic hydroxyl groups excluding tert-OH is 1. The number of azide groups is 1. The van der Waals surface area contributed by atoms with Gasteiger partial charge >= 0.3 is 151 Å². The van der Waals surface area contributed by atoms with Crippen LogP contribution >= 0.6 is 7.82 Å². The molecule has 0 saturated carbocycles. The second-order valence-electron chi connectivity index (χ2n) is 6.39. The van der Waals surface area contributed by atoms with Crippen LogP contribution in [-0.4, -0.2) is 66.4 Å². The van der Waals surface area contributed by atoms with Crippen LogP contribution in [0.1, 0.15) is 6.23 Å². The molecule has 15 heteroatoms. The van der Waals surface area contributed by atoms with Crippen molar-refractivity contribution < 1.29 is 23.8 Å². The van der Waals surface area contributed by atoms with Gasteiger partial charge in [-0.1, -0.05) is 0 Å². The molecule has 5 rings (SSSR count). The number of fused-ring (bicyclic) bond motifs is 4. The Balaban J connectivity index is 1.66. The van der Waals surface area contributed by atoms with E-state index in [0.29, 0.717) is 16.8 Å². The summed E-state index contributed by atoms with van der Waals surface area (Å²) in [6, 6.07) is 0. The number of ether oxygens (including phenoxy) is 1. The number of aromatic nitrogens is 5. The number of nitrogens with zero attached hydrogens (tertiary/aromatic N) is 8. The van der Waals surface area contributed by atoms with Crippen LogP contribution in [0.3, 0.4) is 0 Å². The monoisotopic (exact) mass is 392 g/mol. The Labute approximate surface area is 152 Å². The minimum absolute atomic E-state index is 0.0243. The van der Waals surface area contributed by atoms with Gasteiger partial charge in [-0.2, -0.15) is 0 Å².